The lowest BCUT2D eigenvalue weighted by Crippen LogP contribution is -2.39. The van der Waals surface area contributed by atoms with E-state index in [0.717, 1.165) is 41.9 Å². The summed E-state index contributed by atoms with van der Waals surface area (Å²) in [5.41, 5.74) is 1.14. The van der Waals surface area contributed by atoms with Gasteiger partial charge in [0, 0.05) is 20.0 Å². The summed E-state index contributed by atoms with van der Waals surface area (Å²) in [5, 5.41) is 1.50. The van der Waals surface area contributed by atoms with Crippen LogP contribution >= 0.6 is 11.3 Å². The lowest BCUT2D eigenvalue weighted by Gasteiger charge is -2.29. The maximum absolute atomic E-state index is 11.7. The predicted molar refractivity (Wildman–Crippen MR) is 91.3 cm³/mol. The quantitative estimate of drug-likeness (QED) is 0.794. The molecule has 0 atom stereocenters. The second kappa shape index (κ2) is 7.70. The van der Waals surface area contributed by atoms with E-state index in [1.807, 2.05) is 13.0 Å². The first kappa shape index (κ1) is 16.9. The second-order valence-corrected chi connectivity index (χ2v) is 6.68. The van der Waals surface area contributed by atoms with Crippen molar-refractivity contribution in [2.75, 3.05) is 26.3 Å². The van der Waals surface area contributed by atoms with Crippen molar-refractivity contribution in [3.63, 3.8) is 0 Å². The Bertz CT molecular complexity index is 667. The molecular formula is C17H24N2O2S. The number of rotatable bonds is 4. The van der Waals surface area contributed by atoms with Crippen molar-refractivity contribution in [3.05, 3.63) is 27.0 Å². The Hall–Kier alpha value is -1.46. The Balaban J connectivity index is 2.68. The second-order valence-electron chi connectivity index (χ2n) is 5.68. The molecule has 0 bridgehead atoms. The van der Waals surface area contributed by atoms with Crippen molar-refractivity contribution in [2.45, 2.75) is 27.7 Å². The fourth-order valence-electron chi connectivity index (χ4n) is 2.38. The number of hydrogen-bond acceptors (Lipinski definition) is 5. The molecule has 1 aliphatic heterocycles. The van der Waals surface area contributed by atoms with Crippen LogP contribution in [-0.2, 0) is 4.74 Å². The Labute approximate surface area is 135 Å². The first-order valence-corrected chi connectivity index (χ1v) is 8.54. The molecular weight excluding hydrogens is 296 g/mol. The number of allylic oxidation sites excluding steroid dienone is 1. The minimum atomic E-state index is 0.0245. The average molecular weight is 320 g/mol. The molecule has 1 fully saturated rings. The number of carbonyl (C=O) groups excluding carboxylic acids is 1. The van der Waals surface area contributed by atoms with Gasteiger partial charge in [-0.3, -0.25) is 4.79 Å². The van der Waals surface area contributed by atoms with Gasteiger partial charge in [-0.1, -0.05) is 26.0 Å². The van der Waals surface area contributed by atoms with Crippen LogP contribution < -0.4 is 9.88 Å². The molecule has 0 N–H and O–H groups in total. The lowest BCUT2D eigenvalue weighted by atomic mass is 10.2. The maximum atomic E-state index is 11.7. The van der Waals surface area contributed by atoms with Crippen molar-refractivity contribution >= 4 is 28.9 Å². The highest BCUT2D eigenvalue weighted by atomic mass is 32.1. The molecule has 5 heteroatoms. The zero-order valence-electron chi connectivity index (χ0n) is 13.8. The van der Waals surface area contributed by atoms with Gasteiger partial charge in [0.05, 0.1) is 28.8 Å². The van der Waals surface area contributed by atoms with Crippen LogP contribution in [-0.4, -0.2) is 42.0 Å². The molecule has 0 radical (unpaired) electrons. The van der Waals surface area contributed by atoms with E-state index in [1.165, 1.54) is 11.3 Å². The summed E-state index contributed by atoms with van der Waals surface area (Å²) in [6.07, 6.45) is 6.28. The number of morpholine rings is 1. The number of thiazole rings is 1. The average Bonchev–Trinajstić information content (AvgIpc) is 2.89. The molecule has 1 aliphatic rings. The summed E-state index contributed by atoms with van der Waals surface area (Å²) < 4.78 is 6.53. The van der Waals surface area contributed by atoms with Gasteiger partial charge >= 0.3 is 0 Å². The largest absolute Gasteiger partial charge is 0.378 e. The summed E-state index contributed by atoms with van der Waals surface area (Å²) in [6.45, 7) is 11.1. The molecule has 0 saturated carbocycles. The monoisotopic (exact) mass is 320 g/mol. The van der Waals surface area contributed by atoms with Crippen LogP contribution in [0.2, 0.25) is 0 Å². The van der Waals surface area contributed by atoms with Crippen LogP contribution in [0.25, 0.3) is 11.8 Å². The minimum Gasteiger partial charge on any atom is -0.378 e. The molecule has 1 aromatic heterocycles. The summed E-state index contributed by atoms with van der Waals surface area (Å²) in [5.74, 6) is 0.411. The molecule has 0 aliphatic carbocycles. The van der Waals surface area contributed by atoms with Crippen molar-refractivity contribution < 1.29 is 9.53 Å². The van der Waals surface area contributed by atoms with Crippen LogP contribution in [0.15, 0.2) is 12.2 Å². The summed E-state index contributed by atoms with van der Waals surface area (Å²) in [4.78, 5) is 18.6. The van der Waals surface area contributed by atoms with Crippen LogP contribution in [0.1, 0.15) is 37.5 Å². The number of Topliss-reactive ketones (excluding diaryl/α,β-unsaturated/α-hetero) is 1. The zero-order chi connectivity index (χ0) is 16.1. The Kier molecular flexibility index (Phi) is 5.91. The van der Waals surface area contributed by atoms with E-state index < -0.39 is 0 Å². The molecule has 0 aromatic carbocycles. The third-order valence-electron chi connectivity index (χ3n) is 3.35. The first-order valence-electron chi connectivity index (χ1n) is 7.72. The number of carbonyl (C=O) groups is 1. The lowest BCUT2D eigenvalue weighted by molar-refractivity contribution is 0.0640. The summed E-state index contributed by atoms with van der Waals surface area (Å²) in [6, 6.07) is 0. The highest BCUT2D eigenvalue weighted by Crippen LogP contribution is 2.11. The van der Waals surface area contributed by atoms with Crippen molar-refractivity contribution in [1.82, 2.24) is 9.88 Å². The predicted octanol–water partition coefficient (Wildman–Crippen LogP) is 1.80. The van der Waals surface area contributed by atoms with Gasteiger partial charge in [0.15, 0.2) is 10.8 Å². The van der Waals surface area contributed by atoms with Gasteiger partial charge in [0.1, 0.15) is 0 Å². The van der Waals surface area contributed by atoms with Gasteiger partial charge in [0.2, 0.25) is 0 Å². The van der Waals surface area contributed by atoms with Gasteiger partial charge in [-0.25, -0.2) is 4.98 Å². The van der Waals surface area contributed by atoms with E-state index in [9.17, 15) is 4.79 Å². The Morgan fingerprint density at radius 1 is 1.36 bits per heavy atom. The molecule has 22 heavy (non-hydrogen) atoms. The summed E-state index contributed by atoms with van der Waals surface area (Å²) in [7, 11) is 0. The standard InChI is InChI=1S/C17H24N2O2S/c1-5-6-15(19-7-9-21-10-8-19)16-14(11-12(2)3)18-17(22-16)13(4)20/h5-6,11-12H,7-10H2,1-4H3/b6-5-,14-11-,16-15-. The molecule has 4 nitrogen and oxygen atoms in total. The highest BCUT2D eigenvalue weighted by molar-refractivity contribution is 7.11. The third-order valence-corrected chi connectivity index (χ3v) is 4.55. The van der Waals surface area contributed by atoms with E-state index in [0.29, 0.717) is 10.9 Å². The Morgan fingerprint density at radius 3 is 2.59 bits per heavy atom. The zero-order valence-corrected chi connectivity index (χ0v) is 14.6. The molecule has 2 rings (SSSR count). The molecule has 0 amide bonds. The molecule has 120 valence electrons. The molecule has 1 saturated heterocycles. The number of hydrogen-bond donors (Lipinski definition) is 0. The van der Waals surface area contributed by atoms with E-state index in [-0.39, 0.29) is 5.78 Å². The fourth-order valence-corrected chi connectivity index (χ4v) is 3.38. The number of ketones is 1. The SMILES string of the molecule is C\C=C/C(=c1/sc(C(C)=O)n/c1=C\C(C)C)N1CCOCC1. The Morgan fingerprint density at radius 2 is 2.05 bits per heavy atom. The van der Waals surface area contributed by atoms with E-state index in [1.54, 1.807) is 6.92 Å². The van der Waals surface area contributed by atoms with E-state index >= 15 is 0 Å². The number of aromatic nitrogens is 1. The highest BCUT2D eigenvalue weighted by Gasteiger charge is 2.15. The van der Waals surface area contributed by atoms with E-state index in [2.05, 4.69) is 35.9 Å². The molecule has 2 heterocycles. The molecule has 1 aromatic rings. The number of nitrogens with zero attached hydrogens (tertiary/aromatic N) is 2. The normalized spacial score (nSPS) is 18.4. The maximum Gasteiger partial charge on any atom is 0.188 e. The topological polar surface area (TPSA) is 42.4 Å². The van der Waals surface area contributed by atoms with Crippen molar-refractivity contribution in [1.29, 1.82) is 0 Å². The fraction of sp³-hybridized carbons (Fsp3) is 0.529. The molecule has 0 unspecified atom stereocenters. The van der Waals surface area contributed by atoms with Gasteiger partial charge in [-0.2, -0.15) is 0 Å². The first-order chi connectivity index (χ1) is 10.5. The minimum absolute atomic E-state index is 0.0245. The third kappa shape index (κ3) is 4.05. The van der Waals surface area contributed by atoms with Crippen LogP contribution in [0.4, 0.5) is 0 Å². The smallest absolute Gasteiger partial charge is 0.188 e. The molecule has 0 spiro atoms. The van der Waals surface area contributed by atoms with Gasteiger partial charge in [0.25, 0.3) is 0 Å². The van der Waals surface area contributed by atoms with Gasteiger partial charge in [-0.15, -0.1) is 11.3 Å². The van der Waals surface area contributed by atoms with Gasteiger partial charge in [-0.05, 0) is 18.9 Å². The summed E-state index contributed by atoms with van der Waals surface area (Å²) >= 11 is 1.49. The van der Waals surface area contributed by atoms with E-state index in [4.69, 9.17) is 4.74 Å². The van der Waals surface area contributed by atoms with Crippen LogP contribution in [0.5, 0.6) is 0 Å². The van der Waals surface area contributed by atoms with Crippen LogP contribution in [0.3, 0.4) is 0 Å². The van der Waals surface area contributed by atoms with Crippen LogP contribution in [0, 0.1) is 5.92 Å². The van der Waals surface area contributed by atoms with Crippen molar-refractivity contribution in [3.8, 4) is 0 Å². The number of ether oxygens (including phenoxy) is 1. The van der Waals surface area contributed by atoms with Gasteiger partial charge < -0.3 is 9.64 Å². The van der Waals surface area contributed by atoms with Crippen molar-refractivity contribution in [2.24, 2.45) is 5.92 Å².